The predicted octanol–water partition coefficient (Wildman–Crippen LogP) is 5.05. The Kier molecular flexibility index (Phi) is 3.26. The highest BCUT2D eigenvalue weighted by atomic mass is 16.1. The number of hydrogen-bond acceptors (Lipinski definition) is 2. The van der Waals surface area contributed by atoms with E-state index in [1.807, 2.05) is 12.1 Å². The van der Waals surface area contributed by atoms with E-state index in [4.69, 9.17) is 0 Å². The maximum atomic E-state index is 12.3. The summed E-state index contributed by atoms with van der Waals surface area (Å²) in [5.74, 6) is -0.221. The van der Waals surface area contributed by atoms with Crippen molar-refractivity contribution in [3.8, 4) is 22.3 Å². The fourth-order valence-corrected chi connectivity index (χ4v) is 3.81. The first-order chi connectivity index (χ1) is 12.7. The van der Waals surface area contributed by atoms with Crippen LogP contribution in [0.4, 0.5) is 0 Å². The monoisotopic (exact) mass is 336 g/mol. The summed E-state index contributed by atoms with van der Waals surface area (Å²) in [7, 11) is 0. The van der Waals surface area contributed by atoms with Gasteiger partial charge in [-0.15, -0.1) is 0 Å². The highest BCUT2D eigenvalue weighted by Crippen LogP contribution is 2.37. The molecule has 0 aromatic heterocycles. The summed E-state index contributed by atoms with van der Waals surface area (Å²) in [6, 6.07) is 20.8. The molecule has 0 radical (unpaired) electrons. The molecule has 8 rings (SSSR count). The lowest BCUT2D eigenvalue weighted by molar-refractivity contribution is 0.0994. The summed E-state index contributed by atoms with van der Waals surface area (Å²) in [5.41, 5.74) is 7.67. The Balaban J connectivity index is 1.84. The second kappa shape index (κ2) is 5.63. The maximum Gasteiger partial charge on any atom is 0.186 e. The normalized spacial score (nSPS) is 14.6. The van der Waals surface area contributed by atoms with Gasteiger partial charge in [0.15, 0.2) is 11.6 Å². The minimum Gasteiger partial charge on any atom is -0.289 e. The van der Waals surface area contributed by atoms with Crippen LogP contribution in [-0.2, 0) is 12.8 Å². The zero-order valence-corrected chi connectivity index (χ0v) is 14.2. The van der Waals surface area contributed by atoms with Gasteiger partial charge in [-0.3, -0.25) is 9.59 Å². The number of benzene rings is 3. The quantitative estimate of drug-likeness (QED) is 0.575. The number of ketones is 2. The van der Waals surface area contributed by atoms with Crippen LogP contribution in [-0.4, -0.2) is 11.6 Å². The van der Waals surface area contributed by atoms with Gasteiger partial charge in [-0.1, -0.05) is 48.5 Å². The van der Waals surface area contributed by atoms with Crippen molar-refractivity contribution in [3.63, 3.8) is 0 Å². The topological polar surface area (TPSA) is 34.1 Å². The molecule has 26 heavy (non-hydrogen) atoms. The molecule has 2 nitrogen and oxygen atoms in total. The van der Waals surface area contributed by atoms with Crippen LogP contribution in [0.5, 0.6) is 0 Å². The van der Waals surface area contributed by atoms with Crippen LogP contribution in [0.25, 0.3) is 22.3 Å². The SMILES string of the molecule is O=C1C=CC(=O)c2cc3c(cc21)-c1ccc(cc1)CCc1ccc-3cc1. The first kappa shape index (κ1) is 15.0. The molecule has 5 aliphatic carbocycles. The minimum absolute atomic E-state index is 0.111. The fourth-order valence-electron chi connectivity index (χ4n) is 3.81. The van der Waals surface area contributed by atoms with E-state index in [2.05, 4.69) is 48.5 Å². The van der Waals surface area contributed by atoms with Crippen molar-refractivity contribution in [3.05, 3.63) is 95.1 Å². The van der Waals surface area contributed by atoms with Gasteiger partial charge in [0.2, 0.25) is 0 Å². The average Bonchev–Trinajstić information content (AvgIpc) is 2.68. The number of hydrogen-bond donors (Lipinski definition) is 0. The molecule has 5 aliphatic rings. The summed E-state index contributed by atoms with van der Waals surface area (Å²) < 4.78 is 0. The number of carbonyl (C=O) groups excluding carboxylic acids is 2. The first-order valence-corrected chi connectivity index (χ1v) is 8.82. The molecule has 3 aromatic carbocycles. The van der Waals surface area contributed by atoms with E-state index in [-0.39, 0.29) is 11.6 Å². The van der Waals surface area contributed by atoms with Crippen molar-refractivity contribution in [2.45, 2.75) is 12.8 Å². The Morgan fingerprint density at radius 2 is 0.885 bits per heavy atom. The van der Waals surface area contributed by atoms with Gasteiger partial charge in [-0.2, -0.15) is 0 Å². The van der Waals surface area contributed by atoms with E-state index in [9.17, 15) is 9.59 Å². The molecule has 0 fully saturated rings. The van der Waals surface area contributed by atoms with Gasteiger partial charge in [0.25, 0.3) is 0 Å². The van der Waals surface area contributed by atoms with Crippen LogP contribution in [0.1, 0.15) is 31.8 Å². The molecule has 0 saturated heterocycles. The molecule has 0 N–H and O–H groups in total. The van der Waals surface area contributed by atoms with Gasteiger partial charge in [0.1, 0.15) is 0 Å². The van der Waals surface area contributed by atoms with Gasteiger partial charge >= 0.3 is 0 Å². The zero-order valence-electron chi connectivity index (χ0n) is 14.2. The lowest BCUT2D eigenvalue weighted by Gasteiger charge is -2.18. The van der Waals surface area contributed by atoms with E-state index in [1.54, 1.807) is 0 Å². The van der Waals surface area contributed by atoms with Crippen LogP contribution in [0.2, 0.25) is 0 Å². The zero-order chi connectivity index (χ0) is 17.7. The van der Waals surface area contributed by atoms with Crippen LogP contribution < -0.4 is 0 Å². The summed E-state index contributed by atoms with van der Waals surface area (Å²) >= 11 is 0. The second-order valence-electron chi connectivity index (χ2n) is 6.90. The van der Waals surface area contributed by atoms with Crippen molar-refractivity contribution in [2.75, 3.05) is 0 Å². The van der Waals surface area contributed by atoms with E-state index in [0.29, 0.717) is 11.1 Å². The van der Waals surface area contributed by atoms with Crippen molar-refractivity contribution < 1.29 is 9.59 Å². The minimum atomic E-state index is -0.111. The molecule has 0 atom stereocenters. The van der Waals surface area contributed by atoms with Gasteiger partial charge in [0.05, 0.1) is 0 Å². The molecule has 0 unspecified atom stereocenters. The van der Waals surface area contributed by atoms with Gasteiger partial charge in [-0.05, 0) is 70.5 Å². The molecule has 2 heteroatoms. The fraction of sp³-hybridized carbons (Fsp3) is 0.0833. The van der Waals surface area contributed by atoms with Crippen molar-refractivity contribution >= 4 is 11.6 Å². The van der Waals surface area contributed by atoms with E-state index in [1.165, 1.54) is 23.3 Å². The third-order valence-electron chi connectivity index (χ3n) is 5.31. The third kappa shape index (κ3) is 2.34. The first-order valence-electron chi connectivity index (χ1n) is 8.82. The third-order valence-corrected chi connectivity index (χ3v) is 5.31. The van der Waals surface area contributed by atoms with Crippen LogP contribution >= 0.6 is 0 Å². The van der Waals surface area contributed by atoms with Gasteiger partial charge in [0, 0.05) is 11.1 Å². The molecule has 3 aromatic rings. The average molecular weight is 336 g/mol. The van der Waals surface area contributed by atoms with Gasteiger partial charge in [-0.25, -0.2) is 0 Å². The van der Waals surface area contributed by atoms with Crippen molar-refractivity contribution in [1.82, 2.24) is 0 Å². The summed E-state index contributed by atoms with van der Waals surface area (Å²) in [5, 5.41) is 0. The van der Waals surface area contributed by atoms with Crippen LogP contribution in [0, 0.1) is 0 Å². The molecule has 0 saturated carbocycles. The Labute approximate surface area is 151 Å². The van der Waals surface area contributed by atoms with E-state index in [0.717, 1.165) is 35.1 Å². The largest absolute Gasteiger partial charge is 0.289 e. The maximum absolute atomic E-state index is 12.3. The molecule has 4 bridgehead atoms. The van der Waals surface area contributed by atoms with Crippen molar-refractivity contribution in [1.29, 1.82) is 0 Å². The molecular formula is C24H16O2. The predicted molar refractivity (Wildman–Crippen MR) is 103 cm³/mol. The number of fused-ring (bicyclic) bond motifs is 1. The lowest BCUT2D eigenvalue weighted by Crippen LogP contribution is -2.12. The smallest absolute Gasteiger partial charge is 0.186 e. The molecule has 0 heterocycles. The van der Waals surface area contributed by atoms with Crippen molar-refractivity contribution in [2.24, 2.45) is 0 Å². The Morgan fingerprint density at radius 3 is 1.27 bits per heavy atom. The molecule has 0 spiro atoms. The Morgan fingerprint density at radius 1 is 0.500 bits per heavy atom. The number of allylic oxidation sites excluding steroid dienone is 2. The van der Waals surface area contributed by atoms with Crippen LogP contribution in [0.15, 0.2) is 72.8 Å². The highest BCUT2D eigenvalue weighted by Gasteiger charge is 2.22. The summed E-state index contributed by atoms with van der Waals surface area (Å²) in [4.78, 5) is 24.7. The second-order valence-corrected chi connectivity index (χ2v) is 6.90. The number of rotatable bonds is 0. The van der Waals surface area contributed by atoms with E-state index < -0.39 is 0 Å². The number of carbonyl (C=O) groups is 2. The molecule has 0 aliphatic heterocycles. The van der Waals surface area contributed by atoms with Gasteiger partial charge < -0.3 is 0 Å². The molecule has 124 valence electrons. The lowest BCUT2D eigenvalue weighted by atomic mass is 9.85. The Hall–Kier alpha value is -3.26. The van der Waals surface area contributed by atoms with Crippen LogP contribution in [0.3, 0.4) is 0 Å². The summed E-state index contributed by atoms with van der Waals surface area (Å²) in [6.07, 6.45) is 4.75. The standard InChI is InChI=1S/C24H16O2/c25-23-11-12-24(26)22-14-20-18-9-5-16(6-10-18)2-1-15-3-7-17(8-4-15)19(20)13-21(22)23/h3-14H,1-2H2. The Bertz CT molecular complexity index is 996. The molecule has 0 amide bonds. The number of aryl methyl sites for hydroxylation is 2. The molecular weight excluding hydrogens is 320 g/mol. The highest BCUT2D eigenvalue weighted by molar-refractivity contribution is 6.23. The summed E-state index contributed by atoms with van der Waals surface area (Å²) in [6.45, 7) is 0. The van der Waals surface area contributed by atoms with E-state index >= 15 is 0 Å².